The molecule has 22 heavy (non-hydrogen) atoms. The molecule has 1 heterocycles. The first kappa shape index (κ1) is 15.5. The minimum Gasteiger partial charge on any atom is -0.478 e. The molecule has 0 unspecified atom stereocenters. The second-order valence-corrected chi connectivity index (χ2v) is 4.77. The second-order valence-electron chi connectivity index (χ2n) is 4.77. The number of nitrogens with one attached hydrogen (secondary N) is 2. The number of rotatable bonds is 5. The highest BCUT2D eigenvalue weighted by Crippen LogP contribution is 2.11. The predicted octanol–water partition coefficient (Wildman–Crippen LogP) is 1.90. The zero-order chi connectivity index (χ0) is 16.1. The lowest BCUT2D eigenvalue weighted by atomic mass is 10.1. The minimum atomic E-state index is -0.391. The third-order valence-corrected chi connectivity index (χ3v) is 3.02. The molecule has 0 saturated carbocycles. The Morgan fingerprint density at radius 1 is 1.18 bits per heavy atom. The van der Waals surface area contributed by atoms with E-state index in [9.17, 15) is 14.4 Å². The fourth-order valence-corrected chi connectivity index (χ4v) is 1.87. The summed E-state index contributed by atoms with van der Waals surface area (Å²) in [6.07, 6.45) is 1.52. The molecule has 1 aromatic heterocycles. The monoisotopic (exact) mass is 300 g/mol. The van der Waals surface area contributed by atoms with Gasteiger partial charge in [0.2, 0.25) is 5.43 Å². The van der Waals surface area contributed by atoms with Crippen LogP contribution in [0.5, 0.6) is 5.75 Å². The topological polar surface area (TPSA) is 88.3 Å². The number of carbonyl (C=O) groups excluding carboxylic acids is 2. The highest BCUT2D eigenvalue weighted by molar-refractivity contribution is 5.95. The van der Waals surface area contributed by atoms with E-state index in [1.54, 1.807) is 31.2 Å². The Kier molecular flexibility index (Phi) is 4.73. The summed E-state index contributed by atoms with van der Waals surface area (Å²) >= 11 is 0. The fourth-order valence-electron chi connectivity index (χ4n) is 1.87. The molecular formula is C16H16N2O4. The number of ether oxygens (including phenoxy) is 1. The van der Waals surface area contributed by atoms with E-state index in [1.165, 1.54) is 19.2 Å². The molecule has 0 aliphatic heterocycles. The van der Waals surface area contributed by atoms with E-state index < -0.39 is 5.91 Å². The number of ketones is 1. The van der Waals surface area contributed by atoms with E-state index in [-0.39, 0.29) is 23.6 Å². The van der Waals surface area contributed by atoms with E-state index in [0.29, 0.717) is 16.9 Å². The third-order valence-electron chi connectivity index (χ3n) is 3.02. The Hall–Kier alpha value is -2.89. The Balaban J connectivity index is 1.96. The van der Waals surface area contributed by atoms with Crippen molar-refractivity contribution in [2.45, 2.75) is 13.8 Å². The molecule has 6 heteroatoms. The fraction of sp³-hybridized carbons (Fsp3) is 0.188. The van der Waals surface area contributed by atoms with Crippen molar-refractivity contribution < 1.29 is 14.3 Å². The normalized spacial score (nSPS) is 10.1. The van der Waals surface area contributed by atoms with E-state index >= 15 is 0 Å². The Morgan fingerprint density at radius 3 is 2.45 bits per heavy atom. The zero-order valence-corrected chi connectivity index (χ0v) is 12.3. The van der Waals surface area contributed by atoms with Gasteiger partial charge in [0.15, 0.2) is 18.1 Å². The molecule has 6 nitrogen and oxygen atoms in total. The van der Waals surface area contributed by atoms with Gasteiger partial charge in [0, 0.05) is 23.5 Å². The van der Waals surface area contributed by atoms with Gasteiger partial charge in [-0.25, -0.2) is 0 Å². The molecule has 0 aliphatic rings. The number of pyridine rings is 1. The lowest BCUT2D eigenvalue weighted by Gasteiger charge is -2.09. The summed E-state index contributed by atoms with van der Waals surface area (Å²) in [5.74, 6) is -0.303. The van der Waals surface area contributed by atoms with Crippen molar-refractivity contribution in [3.63, 3.8) is 0 Å². The average Bonchev–Trinajstić information content (AvgIpc) is 2.47. The maximum atomic E-state index is 11.8. The van der Waals surface area contributed by atoms with Crippen molar-refractivity contribution in [3.05, 3.63) is 58.0 Å². The molecule has 0 radical (unpaired) electrons. The van der Waals surface area contributed by atoms with Crippen molar-refractivity contribution in [2.24, 2.45) is 0 Å². The Morgan fingerprint density at radius 2 is 1.86 bits per heavy atom. The van der Waals surface area contributed by atoms with Crippen LogP contribution in [0.15, 0.2) is 41.3 Å². The summed E-state index contributed by atoms with van der Waals surface area (Å²) in [5, 5.41) is 2.63. The number of hydrogen-bond acceptors (Lipinski definition) is 4. The van der Waals surface area contributed by atoms with Crippen molar-refractivity contribution >= 4 is 17.4 Å². The lowest BCUT2D eigenvalue weighted by Crippen LogP contribution is -2.22. The van der Waals surface area contributed by atoms with Gasteiger partial charge in [0.1, 0.15) is 0 Å². The van der Waals surface area contributed by atoms with Crippen LogP contribution in [-0.2, 0) is 4.79 Å². The number of amides is 1. The van der Waals surface area contributed by atoms with Crippen LogP contribution in [0.3, 0.4) is 0 Å². The van der Waals surface area contributed by atoms with Crippen molar-refractivity contribution in [3.8, 4) is 5.75 Å². The largest absolute Gasteiger partial charge is 0.478 e. The molecule has 0 saturated heterocycles. The van der Waals surface area contributed by atoms with Gasteiger partial charge in [-0.2, -0.15) is 0 Å². The van der Waals surface area contributed by atoms with Crippen LogP contribution >= 0.6 is 0 Å². The summed E-state index contributed by atoms with van der Waals surface area (Å²) in [5.41, 5.74) is 1.40. The summed E-state index contributed by atoms with van der Waals surface area (Å²) in [4.78, 5) is 37.4. The number of aromatic nitrogens is 1. The average molecular weight is 300 g/mol. The van der Waals surface area contributed by atoms with Crippen LogP contribution in [0.2, 0.25) is 0 Å². The highest BCUT2D eigenvalue weighted by Gasteiger charge is 2.09. The molecule has 2 aromatic rings. The SMILES string of the molecule is CC(=O)c1ccc(NC(=O)COc2c(C)[nH]ccc2=O)cc1. The van der Waals surface area contributed by atoms with E-state index in [4.69, 9.17) is 4.74 Å². The molecule has 0 spiro atoms. The molecule has 114 valence electrons. The first-order chi connectivity index (χ1) is 10.5. The second kappa shape index (κ2) is 6.71. The Labute approximate surface area is 127 Å². The van der Waals surface area contributed by atoms with Gasteiger partial charge >= 0.3 is 0 Å². The van der Waals surface area contributed by atoms with Crippen LogP contribution in [0, 0.1) is 6.92 Å². The summed E-state index contributed by atoms with van der Waals surface area (Å²) < 4.78 is 5.25. The number of aromatic amines is 1. The van der Waals surface area contributed by atoms with Gasteiger partial charge < -0.3 is 15.0 Å². The number of hydrogen-bond donors (Lipinski definition) is 2. The van der Waals surface area contributed by atoms with Gasteiger partial charge in [-0.1, -0.05) is 0 Å². The van der Waals surface area contributed by atoms with Crippen molar-refractivity contribution in [1.29, 1.82) is 0 Å². The van der Waals surface area contributed by atoms with Crippen LogP contribution in [0.25, 0.3) is 0 Å². The quantitative estimate of drug-likeness (QED) is 0.825. The molecule has 1 aromatic carbocycles. The number of benzene rings is 1. The van der Waals surface area contributed by atoms with E-state index in [0.717, 1.165) is 0 Å². The zero-order valence-electron chi connectivity index (χ0n) is 12.3. The van der Waals surface area contributed by atoms with Crippen molar-refractivity contribution in [2.75, 3.05) is 11.9 Å². The molecule has 0 aliphatic carbocycles. The number of H-pyrrole nitrogens is 1. The van der Waals surface area contributed by atoms with Gasteiger partial charge in [0.25, 0.3) is 5.91 Å². The smallest absolute Gasteiger partial charge is 0.262 e. The summed E-state index contributed by atoms with van der Waals surface area (Å²) in [6, 6.07) is 7.86. The maximum Gasteiger partial charge on any atom is 0.262 e. The van der Waals surface area contributed by atoms with Gasteiger partial charge in [0.05, 0.1) is 5.69 Å². The lowest BCUT2D eigenvalue weighted by molar-refractivity contribution is -0.118. The molecular weight excluding hydrogens is 284 g/mol. The predicted molar refractivity (Wildman–Crippen MR) is 82.4 cm³/mol. The summed E-state index contributed by atoms with van der Waals surface area (Å²) in [7, 11) is 0. The maximum absolute atomic E-state index is 11.8. The number of anilines is 1. The first-order valence-corrected chi connectivity index (χ1v) is 6.69. The molecule has 2 N–H and O–H groups in total. The van der Waals surface area contributed by atoms with Gasteiger partial charge in [-0.05, 0) is 38.1 Å². The molecule has 0 bridgehead atoms. The van der Waals surface area contributed by atoms with Crippen LogP contribution in [-0.4, -0.2) is 23.3 Å². The van der Waals surface area contributed by atoms with Crippen LogP contribution in [0.1, 0.15) is 23.0 Å². The number of Topliss-reactive ketones (excluding diaryl/α,β-unsaturated/α-hetero) is 1. The number of aryl methyl sites for hydroxylation is 1. The minimum absolute atomic E-state index is 0.0417. The third kappa shape index (κ3) is 3.82. The van der Waals surface area contributed by atoms with Gasteiger partial charge in [-0.3, -0.25) is 14.4 Å². The van der Waals surface area contributed by atoms with Gasteiger partial charge in [-0.15, -0.1) is 0 Å². The molecule has 1 amide bonds. The highest BCUT2D eigenvalue weighted by atomic mass is 16.5. The van der Waals surface area contributed by atoms with Crippen molar-refractivity contribution in [1.82, 2.24) is 4.98 Å². The molecule has 0 atom stereocenters. The summed E-state index contributed by atoms with van der Waals surface area (Å²) in [6.45, 7) is 2.89. The van der Waals surface area contributed by atoms with Crippen LogP contribution < -0.4 is 15.5 Å². The standard InChI is InChI=1S/C16H16N2O4/c1-10-16(14(20)7-8-17-10)22-9-15(21)18-13-5-3-12(4-6-13)11(2)19/h3-8H,9H2,1-2H3,(H,17,20)(H,18,21). The Bertz CT molecular complexity index is 747. The van der Waals surface area contributed by atoms with E-state index in [1.807, 2.05) is 0 Å². The first-order valence-electron chi connectivity index (χ1n) is 6.69. The molecule has 0 fully saturated rings. The number of carbonyl (C=O) groups is 2. The molecule has 2 rings (SSSR count). The van der Waals surface area contributed by atoms with Crippen LogP contribution in [0.4, 0.5) is 5.69 Å². The van der Waals surface area contributed by atoms with E-state index in [2.05, 4.69) is 10.3 Å².